The number of ether oxygens (including phenoxy) is 2. The van der Waals surface area contributed by atoms with Crippen LogP contribution >= 0.6 is 0 Å². The molecular formula is C29H42N2O2. The van der Waals surface area contributed by atoms with Gasteiger partial charge in [0, 0.05) is 13.1 Å². The molecule has 0 unspecified atom stereocenters. The van der Waals surface area contributed by atoms with E-state index < -0.39 is 0 Å². The van der Waals surface area contributed by atoms with Gasteiger partial charge in [-0.05, 0) is 99.1 Å². The molecule has 0 N–H and O–H groups in total. The summed E-state index contributed by atoms with van der Waals surface area (Å²) >= 11 is 0. The molecule has 0 spiro atoms. The zero-order chi connectivity index (χ0) is 22.9. The third-order valence-electron chi connectivity index (χ3n) is 7.77. The first-order valence-electron chi connectivity index (χ1n) is 12.9. The fourth-order valence-electron chi connectivity index (χ4n) is 5.54. The number of methoxy groups -OCH3 is 2. The average Bonchev–Trinajstić information content (AvgIpc) is 2.87. The Morgan fingerprint density at radius 2 is 0.970 bits per heavy atom. The normalized spacial score (nSPS) is 19.0. The first-order chi connectivity index (χ1) is 16.2. The number of piperidine rings is 2. The molecule has 0 aromatic heterocycles. The maximum Gasteiger partial charge on any atom is 0.118 e. The van der Waals surface area contributed by atoms with Crippen LogP contribution in [0.2, 0.25) is 0 Å². The quantitative estimate of drug-likeness (QED) is 0.443. The van der Waals surface area contributed by atoms with Crippen molar-refractivity contribution >= 4 is 0 Å². The summed E-state index contributed by atoms with van der Waals surface area (Å²) in [4.78, 5) is 5.24. The Morgan fingerprint density at radius 1 is 0.606 bits per heavy atom. The molecule has 4 rings (SSSR count). The van der Waals surface area contributed by atoms with Crippen LogP contribution in [0.1, 0.15) is 56.1 Å². The van der Waals surface area contributed by atoms with Gasteiger partial charge in [-0.25, -0.2) is 0 Å². The van der Waals surface area contributed by atoms with Crippen LogP contribution in [0.4, 0.5) is 0 Å². The lowest BCUT2D eigenvalue weighted by atomic mass is 9.86. The third kappa shape index (κ3) is 7.48. The third-order valence-corrected chi connectivity index (χ3v) is 7.77. The first-order valence-corrected chi connectivity index (χ1v) is 12.9. The molecule has 2 heterocycles. The lowest BCUT2D eigenvalue weighted by Gasteiger charge is -2.33. The maximum atomic E-state index is 5.27. The van der Waals surface area contributed by atoms with Crippen molar-refractivity contribution in [1.82, 2.24) is 9.80 Å². The minimum atomic E-state index is 0.937. The second kappa shape index (κ2) is 12.4. The summed E-state index contributed by atoms with van der Waals surface area (Å²) in [6, 6.07) is 17.1. The van der Waals surface area contributed by atoms with E-state index in [4.69, 9.17) is 9.47 Å². The summed E-state index contributed by atoms with van der Waals surface area (Å²) in [5.41, 5.74) is 2.79. The van der Waals surface area contributed by atoms with Crippen molar-refractivity contribution in [3.05, 3.63) is 59.7 Å². The number of benzene rings is 2. The van der Waals surface area contributed by atoms with E-state index in [9.17, 15) is 0 Å². The van der Waals surface area contributed by atoms with Crippen LogP contribution in [0.25, 0.3) is 0 Å². The topological polar surface area (TPSA) is 24.9 Å². The van der Waals surface area contributed by atoms with Gasteiger partial charge in [-0.3, -0.25) is 9.80 Å². The average molecular weight is 451 g/mol. The second-order valence-electron chi connectivity index (χ2n) is 10.1. The second-order valence-corrected chi connectivity index (χ2v) is 10.1. The zero-order valence-electron chi connectivity index (χ0n) is 20.7. The predicted octanol–water partition coefficient (Wildman–Crippen LogP) is 6.00. The summed E-state index contributed by atoms with van der Waals surface area (Å²) in [7, 11) is 3.46. The predicted molar refractivity (Wildman–Crippen MR) is 136 cm³/mol. The highest BCUT2D eigenvalue weighted by Gasteiger charge is 2.22. The number of hydrogen-bond acceptors (Lipinski definition) is 4. The van der Waals surface area contributed by atoms with E-state index in [1.54, 1.807) is 14.2 Å². The molecule has 180 valence electrons. The Balaban J connectivity index is 1.07. The molecule has 2 aromatic carbocycles. The van der Waals surface area contributed by atoms with Gasteiger partial charge < -0.3 is 9.47 Å². The van der Waals surface area contributed by atoms with Crippen LogP contribution in [0.5, 0.6) is 11.5 Å². The molecule has 0 aliphatic carbocycles. The van der Waals surface area contributed by atoms with Crippen molar-refractivity contribution in [3.8, 4) is 11.5 Å². The highest BCUT2D eigenvalue weighted by molar-refractivity contribution is 5.27. The monoisotopic (exact) mass is 450 g/mol. The summed E-state index contributed by atoms with van der Waals surface area (Å²) < 4.78 is 10.5. The Bertz CT molecular complexity index is 735. The van der Waals surface area contributed by atoms with Gasteiger partial charge in [0.25, 0.3) is 0 Å². The zero-order valence-corrected chi connectivity index (χ0v) is 20.7. The molecule has 2 fully saturated rings. The van der Waals surface area contributed by atoms with Crippen LogP contribution in [0, 0.1) is 11.8 Å². The van der Waals surface area contributed by atoms with Crippen molar-refractivity contribution in [2.45, 2.75) is 58.0 Å². The van der Waals surface area contributed by atoms with Crippen LogP contribution in [0.15, 0.2) is 48.5 Å². The van der Waals surface area contributed by atoms with Crippen molar-refractivity contribution < 1.29 is 9.47 Å². The Hall–Kier alpha value is -2.04. The molecule has 2 aliphatic heterocycles. The molecule has 0 bridgehead atoms. The molecule has 0 saturated carbocycles. The van der Waals surface area contributed by atoms with Crippen molar-refractivity contribution in [2.24, 2.45) is 11.8 Å². The van der Waals surface area contributed by atoms with Gasteiger partial charge in [0.2, 0.25) is 0 Å². The summed E-state index contributed by atoms with van der Waals surface area (Å²) in [5, 5.41) is 0. The standard InChI is InChI=1S/C29H42N2O2/c1-32-28-10-6-26(7-11-28)22-30-18-14-24(15-19-30)4-3-5-25-16-20-31(21-17-25)23-27-8-12-29(33-2)13-9-27/h6-13,24-25H,3-5,14-23H2,1-2H3. The van der Waals surface area contributed by atoms with E-state index in [0.717, 1.165) is 36.4 Å². The van der Waals surface area contributed by atoms with Crippen LogP contribution in [-0.4, -0.2) is 50.2 Å². The lowest BCUT2D eigenvalue weighted by Crippen LogP contribution is -2.34. The van der Waals surface area contributed by atoms with E-state index >= 15 is 0 Å². The number of nitrogens with zero attached hydrogens (tertiary/aromatic N) is 2. The largest absolute Gasteiger partial charge is 0.497 e. The fraction of sp³-hybridized carbons (Fsp3) is 0.586. The summed E-state index contributed by atoms with van der Waals surface area (Å²) in [6.45, 7) is 7.15. The molecule has 0 atom stereocenters. The molecule has 0 amide bonds. The Morgan fingerprint density at radius 3 is 1.30 bits per heavy atom. The fourth-order valence-corrected chi connectivity index (χ4v) is 5.54. The summed E-state index contributed by atoms with van der Waals surface area (Å²) in [5.74, 6) is 3.76. The van der Waals surface area contributed by atoms with Crippen LogP contribution < -0.4 is 9.47 Å². The molecular weight excluding hydrogens is 408 g/mol. The maximum absolute atomic E-state index is 5.27. The van der Waals surface area contributed by atoms with E-state index in [2.05, 4.69) is 58.3 Å². The molecule has 4 heteroatoms. The van der Waals surface area contributed by atoms with E-state index in [1.807, 2.05) is 0 Å². The van der Waals surface area contributed by atoms with Gasteiger partial charge in [-0.1, -0.05) is 43.5 Å². The van der Waals surface area contributed by atoms with Gasteiger partial charge in [-0.15, -0.1) is 0 Å². The molecule has 33 heavy (non-hydrogen) atoms. The molecule has 4 nitrogen and oxygen atoms in total. The van der Waals surface area contributed by atoms with Crippen LogP contribution in [0.3, 0.4) is 0 Å². The van der Waals surface area contributed by atoms with Gasteiger partial charge in [0.05, 0.1) is 14.2 Å². The molecule has 2 aliphatic rings. The van der Waals surface area contributed by atoms with E-state index in [-0.39, 0.29) is 0 Å². The van der Waals surface area contributed by atoms with Gasteiger partial charge in [-0.2, -0.15) is 0 Å². The first kappa shape index (κ1) is 24.1. The van der Waals surface area contributed by atoms with Crippen molar-refractivity contribution in [3.63, 3.8) is 0 Å². The Labute approximate surface area is 200 Å². The van der Waals surface area contributed by atoms with Gasteiger partial charge >= 0.3 is 0 Å². The number of rotatable bonds is 10. The Kier molecular flexibility index (Phi) is 9.08. The number of likely N-dealkylation sites (tertiary alicyclic amines) is 2. The molecule has 2 saturated heterocycles. The molecule has 0 radical (unpaired) electrons. The SMILES string of the molecule is COc1ccc(CN2CCC(CCCC3CCN(Cc4ccc(OC)cc4)CC3)CC2)cc1. The number of hydrogen-bond donors (Lipinski definition) is 0. The van der Waals surface area contributed by atoms with Crippen molar-refractivity contribution in [2.75, 3.05) is 40.4 Å². The van der Waals surface area contributed by atoms with Gasteiger partial charge in [0.1, 0.15) is 11.5 Å². The highest BCUT2D eigenvalue weighted by atomic mass is 16.5. The molecule has 2 aromatic rings. The smallest absolute Gasteiger partial charge is 0.118 e. The minimum Gasteiger partial charge on any atom is -0.497 e. The van der Waals surface area contributed by atoms with E-state index in [1.165, 1.54) is 82.3 Å². The lowest BCUT2D eigenvalue weighted by molar-refractivity contribution is 0.156. The van der Waals surface area contributed by atoms with Crippen molar-refractivity contribution in [1.29, 1.82) is 0 Å². The minimum absolute atomic E-state index is 0.937. The van der Waals surface area contributed by atoms with Crippen LogP contribution in [-0.2, 0) is 13.1 Å². The highest BCUT2D eigenvalue weighted by Crippen LogP contribution is 2.28. The van der Waals surface area contributed by atoms with Gasteiger partial charge in [0.15, 0.2) is 0 Å². The van der Waals surface area contributed by atoms with E-state index in [0.29, 0.717) is 0 Å². The summed E-state index contributed by atoms with van der Waals surface area (Å²) in [6.07, 6.45) is 9.77.